The summed E-state index contributed by atoms with van der Waals surface area (Å²) in [4.78, 5) is 22.8. The maximum atomic E-state index is 13.1. The van der Waals surface area contributed by atoms with Crippen molar-refractivity contribution >= 4 is 27.3 Å². The van der Waals surface area contributed by atoms with Crippen LogP contribution in [0.2, 0.25) is 0 Å². The summed E-state index contributed by atoms with van der Waals surface area (Å²) in [5.41, 5.74) is 3.83. The Balaban J connectivity index is 1.43. The zero-order valence-corrected chi connectivity index (χ0v) is 18.0. The highest BCUT2D eigenvalue weighted by atomic mass is 32.1. The lowest BCUT2D eigenvalue weighted by Crippen LogP contribution is -2.14. The van der Waals surface area contributed by atoms with Crippen LogP contribution in [0.15, 0.2) is 42.7 Å². The minimum Gasteiger partial charge on any atom is -0.496 e. The molecule has 31 heavy (non-hydrogen) atoms. The Bertz CT molecular complexity index is 1230. The van der Waals surface area contributed by atoms with Gasteiger partial charge in [0.05, 0.1) is 31.2 Å². The number of imidazole rings is 1. The van der Waals surface area contributed by atoms with Gasteiger partial charge in [-0.1, -0.05) is 29.5 Å². The van der Waals surface area contributed by atoms with Crippen molar-refractivity contribution in [2.75, 3.05) is 25.6 Å². The fourth-order valence-electron chi connectivity index (χ4n) is 3.73. The van der Waals surface area contributed by atoms with Crippen molar-refractivity contribution in [1.82, 2.24) is 19.6 Å². The van der Waals surface area contributed by atoms with Crippen LogP contribution in [0.5, 0.6) is 5.75 Å². The number of nitrogens with zero attached hydrogens (tertiary/aromatic N) is 4. The highest BCUT2D eigenvalue weighted by molar-refractivity contribution is 7.20. The van der Waals surface area contributed by atoms with Gasteiger partial charge in [-0.2, -0.15) is 0 Å². The molecule has 1 amide bonds. The van der Waals surface area contributed by atoms with Gasteiger partial charge in [-0.05, 0) is 25.5 Å². The predicted octanol–water partition coefficient (Wildman–Crippen LogP) is 3.93. The van der Waals surface area contributed by atoms with E-state index in [2.05, 4.69) is 20.4 Å². The lowest BCUT2D eigenvalue weighted by atomic mass is 9.99. The van der Waals surface area contributed by atoms with Crippen LogP contribution in [-0.2, 0) is 4.74 Å². The van der Waals surface area contributed by atoms with Crippen LogP contribution in [0, 0.1) is 6.92 Å². The molecule has 8 nitrogen and oxygen atoms in total. The number of aromatic nitrogens is 4. The molecule has 1 aliphatic heterocycles. The Kier molecular flexibility index (Phi) is 5.13. The molecular weight excluding hydrogens is 414 g/mol. The first kappa shape index (κ1) is 19.7. The highest BCUT2D eigenvalue weighted by Crippen LogP contribution is 2.33. The van der Waals surface area contributed by atoms with Crippen molar-refractivity contribution in [3.8, 4) is 16.9 Å². The van der Waals surface area contributed by atoms with E-state index in [4.69, 9.17) is 9.47 Å². The van der Waals surface area contributed by atoms with Gasteiger partial charge in [0.1, 0.15) is 5.75 Å². The first-order chi connectivity index (χ1) is 15.1. The SMILES string of the molecule is COc1ccccc1-c1cc(C)ncc1C(=O)Nc1nn2cc(C3CCOC3)nc2s1. The van der Waals surface area contributed by atoms with E-state index in [0.717, 1.165) is 40.5 Å². The van der Waals surface area contributed by atoms with Gasteiger partial charge in [0.15, 0.2) is 0 Å². The number of ether oxygens (including phenoxy) is 2. The number of fused-ring (bicyclic) bond motifs is 1. The van der Waals surface area contributed by atoms with Crippen LogP contribution < -0.4 is 10.1 Å². The lowest BCUT2D eigenvalue weighted by molar-refractivity contribution is 0.102. The summed E-state index contributed by atoms with van der Waals surface area (Å²) in [6.45, 7) is 3.35. The average molecular weight is 436 g/mol. The Hall–Kier alpha value is -3.30. The molecule has 1 aromatic carbocycles. The van der Waals surface area contributed by atoms with E-state index in [0.29, 0.717) is 29.0 Å². The molecule has 0 spiro atoms. The third-order valence-corrected chi connectivity index (χ3v) is 6.15. The van der Waals surface area contributed by atoms with Gasteiger partial charge in [0.2, 0.25) is 10.1 Å². The van der Waals surface area contributed by atoms with E-state index in [1.807, 2.05) is 43.5 Å². The molecule has 0 bridgehead atoms. The molecule has 1 saturated heterocycles. The third kappa shape index (κ3) is 3.77. The first-order valence-corrected chi connectivity index (χ1v) is 10.8. The van der Waals surface area contributed by atoms with E-state index in [1.165, 1.54) is 11.3 Å². The Morgan fingerprint density at radius 1 is 1.32 bits per heavy atom. The van der Waals surface area contributed by atoms with Gasteiger partial charge in [0, 0.05) is 35.5 Å². The summed E-state index contributed by atoms with van der Waals surface area (Å²) in [5.74, 6) is 0.724. The molecule has 4 heterocycles. The van der Waals surface area contributed by atoms with E-state index in [1.54, 1.807) is 17.8 Å². The molecule has 1 N–H and O–H groups in total. The van der Waals surface area contributed by atoms with E-state index >= 15 is 0 Å². The molecule has 0 radical (unpaired) electrons. The number of carbonyl (C=O) groups is 1. The van der Waals surface area contributed by atoms with Gasteiger partial charge in [-0.15, -0.1) is 5.10 Å². The minimum absolute atomic E-state index is 0.283. The topological polar surface area (TPSA) is 90.6 Å². The lowest BCUT2D eigenvalue weighted by Gasteiger charge is -2.13. The second-order valence-electron chi connectivity index (χ2n) is 7.39. The number of nitrogens with one attached hydrogen (secondary N) is 1. The van der Waals surface area contributed by atoms with Gasteiger partial charge in [0.25, 0.3) is 5.91 Å². The predicted molar refractivity (Wildman–Crippen MR) is 118 cm³/mol. The number of anilines is 1. The summed E-state index contributed by atoms with van der Waals surface area (Å²) in [5, 5.41) is 7.85. The molecule has 0 saturated carbocycles. The zero-order chi connectivity index (χ0) is 21.4. The normalized spacial score (nSPS) is 16.0. The van der Waals surface area contributed by atoms with E-state index < -0.39 is 0 Å². The second-order valence-corrected chi connectivity index (χ2v) is 8.34. The molecule has 158 valence electrons. The fraction of sp³-hybridized carbons (Fsp3) is 0.273. The maximum Gasteiger partial charge on any atom is 0.259 e. The standard InChI is InChI=1S/C22H21N5O3S/c1-13-9-16(15-5-3-4-6-19(15)29-2)17(10-23-13)20(28)25-21-26-27-11-18(24-22(27)31-21)14-7-8-30-12-14/h3-6,9-11,14H,7-8,12H2,1-2H3,(H,25,26,28). The van der Waals surface area contributed by atoms with Crippen LogP contribution in [-0.4, -0.2) is 45.8 Å². The van der Waals surface area contributed by atoms with Crippen molar-refractivity contribution in [2.45, 2.75) is 19.3 Å². The van der Waals surface area contributed by atoms with E-state index in [-0.39, 0.29) is 5.91 Å². The number of rotatable bonds is 5. The number of pyridine rings is 1. The molecule has 0 aliphatic carbocycles. The first-order valence-electron chi connectivity index (χ1n) is 9.97. The number of methoxy groups -OCH3 is 1. The molecule has 1 fully saturated rings. The molecule has 3 aromatic heterocycles. The number of hydrogen-bond acceptors (Lipinski definition) is 7. The summed E-state index contributed by atoms with van der Waals surface area (Å²) < 4.78 is 12.6. The fourth-order valence-corrected chi connectivity index (χ4v) is 4.51. The van der Waals surface area contributed by atoms with Crippen LogP contribution in [0.1, 0.15) is 34.1 Å². The minimum atomic E-state index is -0.283. The van der Waals surface area contributed by atoms with Crippen LogP contribution >= 0.6 is 11.3 Å². The van der Waals surface area contributed by atoms with Crippen molar-refractivity contribution in [3.63, 3.8) is 0 Å². The molecule has 1 aliphatic rings. The number of hydrogen-bond donors (Lipinski definition) is 1. The smallest absolute Gasteiger partial charge is 0.259 e. The number of aryl methyl sites for hydroxylation is 1. The third-order valence-electron chi connectivity index (χ3n) is 5.31. The number of carbonyl (C=O) groups excluding carboxylic acids is 1. The molecule has 1 unspecified atom stereocenters. The summed E-state index contributed by atoms with van der Waals surface area (Å²) in [7, 11) is 1.62. The second kappa shape index (κ2) is 8.09. The van der Waals surface area contributed by atoms with Crippen LogP contribution in [0.4, 0.5) is 5.13 Å². The maximum absolute atomic E-state index is 13.1. The Morgan fingerprint density at radius 3 is 2.97 bits per heavy atom. The monoisotopic (exact) mass is 435 g/mol. The molecule has 1 atom stereocenters. The summed E-state index contributed by atoms with van der Waals surface area (Å²) in [6, 6.07) is 9.49. The van der Waals surface area contributed by atoms with Crippen molar-refractivity contribution < 1.29 is 14.3 Å². The van der Waals surface area contributed by atoms with Crippen LogP contribution in [0.3, 0.4) is 0 Å². The van der Waals surface area contributed by atoms with Gasteiger partial charge >= 0.3 is 0 Å². The Labute approximate surface area is 182 Å². The molecule has 4 aromatic rings. The Morgan fingerprint density at radius 2 is 2.19 bits per heavy atom. The van der Waals surface area contributed by atoms with Crippen molar-refractivity contribution in [3.05, 3.63) is 59.7 Å². The number of amides is 1. The van der Waals surface area contributed by atoms with Gasteiger partial charge in [-0.25, -0.2) is 9.50 Å². The van der Waals surface area contributed by atoms with Gasteiger partial charge < -0.3 is 9.47 Å². The van der Waals surface area contributed by atoms with Crippen molar-refractivity contribution in [2.24, 2.45) is 0 Å². The largest absolute Gasteiger partial charge is 0.496 e. The number of benzene rings is 1. The molecule has 9 heteroatoms. The average Bonchev–Trinajstić information content (AvgIpc) is 3.50. The quantitative estimate of drug-likeness (QED) is 0.511. The molecule has 5 rings (SSSR count). The number of para-hydroxylation sites is 1. The summed E-state index contributed by atoms with van der Waals surface area (Å²) in [6.07, 6.45) is 4.47. The van der Waals surface area contributed by atoms with Crippen LogP contribution in [0.25, 0.3) is 16.1 Å². The van der Waals surface area contributed by atoms with Gasteiger partial charge in [-0.3, -0.25) is 15.1 Å². The summed E-state index contributed by atoms with van der Waals surface area (Å²) >= 11 is 1.34. The highest BCUT2D eigenvalue weighted by Gasteiger charge is 2.23. The van der Waals surface area contributed by atoms with E-state index in [9.17, 15) is 4.79 Å². The molecular formula is C22H21N5O3S. The zero-order valence-electron chi connectivity index (χ0n) is 17.2. The van der Waals surface area contributed by atoms with Crippen molar-refractivity contribution in [1.29, 1.82) is 0 Å².